The number of hydrogen-bond donors (Lipinski definition) is 3. The summed E-state index contributed by atoms with van der Waals surface area (Å²) in [5.41, 5.74) is -0.501. The van der Waals surface area contributed by atoms with Crippen LogP contribution in [0, 0.1) is 5.92 Å². The fourth-order valence-electron chi connectivity index (χ4n) is 2.52. The van der Waals surface area contributed by atoms with Gasteiger partial charge in [-0.2, -0.15) is 0 Å². The van der Waals surface area contributed by atoms with Crippen molar-refractivity contribution in [3.8, 4) is 0 Å². The number of guanidine groups is 1. The van der Waals surface area contributed by atoms with Gasteiger partial charge in [0.25, 0.3) is 0 Å². The number of likely N-dealkylation sites (tertiary alicyclic amines) is 1. The molecule has 8 nitrogen and oxygen atoms in total. The molecule has 0 aliphatic carbocycles. The van der Waals surface area contributed by atoms with Crippen LogP contribution >= 0.6 is 0 Å². The number of alkyl carbamates (subject to hydrolysis) is 1. The lowest BCUT2D eigenvalue weighted by Crippen LogP contribution is -2.44. The molecule has 0 saturated carbocycles. The predicted octanol–water partition coefficient (Wildman–Crippen LogP) is 1.32. The Morgan fingerprint density at radius 2 is 1.96 bits per heavy atom. The van der Waals surface area contributed by atoms with Gasteiger partial charge in [0.2, 0.25) is 5.91 Å². The van der Waals surface area contributed by atoms with E-state index in [-0.39, 0.29) is 24.0 Å². The first kappa shape index (κ1) is 22.1. The molecule has 1 atom stereocenters. The molecule has 1 aliphatic rings. The molecule has 0 aromatic heterocycles. The molecular weight excluding hydrogens is 334 g/mol. The zero-order valence-corrected chi connectivity index (χ0v) is 17.0. The zero-order valence-electron chi connectivity index (χ0n) is 17.0. The highest BCUT2D eigenvalue weighted by Gasteiger charge is 2.27. The van der Waals surface area contributed by atoms with Crippen molar-refractivity contribution in [1.82, 2.24) is 20.9 Å². The second-order valence-corrected chi connectivity index (χ2v) is 7.76. The number of amides is 2. The van der Waals surface area contributed by atoms with Crippen molar-refractivity contribution in [1.29, 1.82) is 0 Å². The van der Waals surface area contributed by atoms with E-state index in [1.54, 1.807) is 0 Å². The van der Waals surface area contributed by atoms with E-state index in [4.69, 9.17) is 4.74 Å². The van der Waals surface area contributed by atoms with Crippen LogP contribution in [0.4, 0.5) is 4.79 Å². The number of hydrogen-bond acceptors (Lipinski definition) is 4. The van der Waals surface area contributed by atoms with Crippen molar-refractivity contribution >= 4 is 18.0 Å². The highest BCUT2D eigenvalue weighted by Crippen LogP contribution is 2.12. The van der Waals surface area contributed by atoms with Crippen molar-refractivity contribution in [3.05, 3.63) is 0 Å². The van der Waals surface area contributed by atoms with Gasteiger partial charge in [0.05, 0.1) is 12.6 Å². The van der Waals surface area contributed by atoms with E-state index >= 15 is 0 Å². The van der Waals surface area contributed by atoms with E-state index in [2.05, 4.69) is 25.8 Å². The average Bonchev–Trinajstić information content (AvgIpc) is 2.96. The topological polar surface area (TPSA) is 95.1 Å². The van der Waals surface area contributed by atoms with Gasteiger partial charge in [-0.15, -0.1) is 0 Å². The maximum Gasteiger partial charge on any atom is 0.407 e. The molecule has 0 radical (unpaired) electrons. The minimum atomic E-state index is -0.501. The van der Waals surface area contributed by atoms with Gasteiger partial charge in [0.1, 0.15) is 5.60 Å². The maximum atomic E-state index is 11.9. The smallest absolute Gasteiger partial charge is 0.407 e. The van der Waals surface area contributed by atoms with Crippen LogP contribution in [0.25, 0.3) is 0 Å². The van der Waals surface area contributed by atoms with E-state index in [9.17, 15) is 9.59 Å². The molecule has 1 aliphatic heterocycles. The summed E-state index contributed by atoms with van der Waals surface area (Å²) in [5.74, 6) is 0.818. The van der Waals surface area contributed by atoms with Crippen LogP contribution in [0.1, 0.15) is 48.0 Å². The van der Waals surface area contributed by atoms with Crippen LogP contribution in [-0.4, -0.2) is 67.2 Å². The molecule has 1 unspecified atom stereocenters. The van der Waals surface area contributed by atoms with Crippen LogP contribution < -0.4 is 16.0 Å². The number of ether oxygens (including phenoxy) is 1. The maximum absolute atomic E-state index is 11.9. The van der Waals surface area contributed by atoms with Crippen LogP contribution in [-0.2, 0) is 9.53 Å². The third kappa shape index (κ3) is 8.40. The molecule has 0 aromatic carbocycles. The van der Waals surface area contributed by atoms with Crippen LogP contribution in [0.3, 0.4) is 0 Å². The second-order valence-electron chi connectivity index (χ2n) is 7.76. The summed E-state index contributed by atoms with van der Waals surface area (Å²) in [5, 5.41) is 9.04. The molecule has 0 bridgehead atoms. The van der Waals surface area contributed by atoms with Gasteiger partial charge in [-0.1, -0.05) is 13.8 Å². The van der Waals surface area contributed by atoms with Crippen molar-refractivity contribution in [2.24, 2.45) is 10.9 Å². The SMILES string of the molecule is CCNC(=NCCNC(=O)C(C)C)N1CCC(NC(=O)OC(C)(C)C)C1. The Labute approximate surface area is 157 Å². The van der Waals surface area contributed by atoms with Gasteiger partial charge in [-0.25, -0.2) is 4.79 Å². The molecule has 3 N–H and O–H groups in total. The minimum absolute atomic E-state index is 0.0227. The summed E-state index contributed by atoms with van der Waals surface area (Å²) < 4.78 is 5.31. The summed E-state index contributed by atoms with van der Waals surface area (Å²) >= 11 is 0. The lowest BCUT2D eigenvalue weighted by molar-refractivity contribution is -0.123. The second kappa shape index (κ2) is 10.2. The van der Waals surface area contributed by atoms with Gasteiger partial charge >= 0.3 is 6.09 Å². The number of carbonyl (C=O) groups excluding carboxylic acids is 2. The van der Waals surface area contributed by atoms with E-state index in [1.165, 1.54) is 0 Å². The molecule has 0 spiro atoms. The van der Waals surface area contributed by atoms with Gasteiger partial charge in [-0.3, -0.25) is 9.79 Å². The van der Waals surface area contributed by atoms with Crippen LogP contribution in [0.15, 0.2) is 4.99 Å². The molecular formula is C18H35N5O3. The molecule has 1 fully saturated rings. The minimum Gasteiger partial charge on any atom is -0.444 e. The molecule has 1 saturated heterocycles. The van der Waals surface area contributed by atoms with Gasteiger partial charge in [0, 0.05) is 32.1 Å². The first-order valence-electron chi connectivity index (χ1n) is 9.43. The Hall–Kier alpha value is -1.99. The van der Waals surface area contributed by atoms with E-state index in [0.717, 1.165) is 25.5 Å². The average molecular weight is 370 g/mol. The van der Waals surface area contributed by atoms with Crippen molar-refractivity contribution in [2.45, 2.75) is 59.6 Å². The first-order chi connectivity index (χ1) is 12.1. The highest BCUT2D eigenvalue weighted by molar-refractivity contribution is 5.81. The number of nitrogens with one attached hydrogen (secondary N) is 3. The van der Waals surface area contributed by atoms with Gasteiger partial charge in [0.15, 0.2) is 5.96 Å². The number of rotatable bonds is 6. The fraction of sp³-hybridized carbons (Fsp3) is 0.833. The third-order valence-corrected chi connectivity index (χ3v) is 3.74. The lowest BCUT2D eigenvalue weighted by Gasteiger charge is -2.23. The largest absolute Gasteiger partial charge is 0.444 e. The molecule has 8 heteroatoms. The Balaban J connectivity index is 2.49. The Bertz CT molecular complexity index is 500. The number of aliphatic imine (C=N–C) groups is 1. The molecule has 26 heavy (non-hydrogen) atoms. The summed E-state index contributed by atoms with van der Waals surface area (Å²) in [4.78, 5) is 30.2. The third-order valence-electron chi connectivity index (χ3n) is 3.74. The molecule has 0 aromatic rings. The standard InChI is InChI=1S/C18H35N5O3/c1-7-19-16(21-10-9-20-15(24)13(2)3)23-11-8-14(12-23)22-17(25)26-18(4,5)6/h13-14H,7-12H2,1-6H3,(H,19,21)(H,20,24)(H,22,25). The zero-order chi connectivity index (χ0) is 19.7. The number of carbonyl (C=O) groups is 2. The molecule has 150 valence electrons. The monoisotopic (exact) mass is 369 g/mol. The van der Waals surface area contributed by atoms with Crippen molar-refractivity contribution < 1.29 is 14.3 Å². The summed E-state index contributed by atoms with van der Waals surface area (Å²) in [7, 11) is 0. The Morgan fingerprint density at radius 1 is 1.27 bits per heavy atom. The van der Waals surface area contributed by atoms with E-state index < -0.39 is 5.60 Å². The predicted molar refractivity (Wildman–Crippen MR) is 103 cm³/mol. The molecule has 1 rings (SSSR count). The lowest BCUT2D eigenvalue weighted by atomic mass is 10.2. The van der Waals surface area contributed by atoms with Crippen LogP contribution in [0.2, 0.25) is 0 Å². The Kier molecular flexibility index (Phi) is 8.68. The Morgan fingerprint density at radius 3 is 2.54 bits per heavy atom. The van der Waals surface area contributed by atoms with Crippen LogP contribution in [0.5, 0.6) is 0 Å². The molecule has 1 heterocycles. The summed E-state index contributed by atoms with van der Waals surface area (Å²) in [6, 6.07) is 0.0364. The summed E-state index contributed by atoms with van der Waals surface area (Å²) in [6.07, 6.45) is 0.455. The quantitative estimate of drug-likeness (QED) is 0.373. The highest BCUT2D eigenvalue weighted by atomic mass is 16.6. The normalized spacial score (nSPS) is 18.0. The molecule has 2 amide bonds. The summed E-state index contributed by atoms with van der Waals surface area (Å²) in [6.45, 7) is 14.6. The fourth-order valence-corrected chi connectivity index (χ4v) is 2.52. The number of nitrogens with zero attached hydrogens (tertiary/aromatic N) is 2. The van der Waals surface area contributed by atoms with Gasteiger partial charge in [-0.05, 0) is 34.1 Å². The van der Waals surface area contributed by atoms with Crippen molar-refractivity contribution in [2.75, 3.05) is 32.7 Å². The van der Waals surface area contributed by atoms with E-state index in [1.807, 2.05) is 41.5 Å². The van der Waals surface area contributed by atoms with Gasteiger partial charge < -0.3 is 25.6 Å². The van der Waals surface area contributed by atoms with E-state index in [0.29, 0.717) is 19.6 Å². The first-order valence-corrected chi connectivity index (χ1v) is 9.43. The van der Waals surface area contributed by atoms with Crippen molar-refractivity contribution in [3.63, 3.8) is 0 Å².